The summed E-state index contributed by atoms with van der Waals surface area (Å²) in [6.45, 7) is 3.12. The molecule has 41 heavy (non-hydrogen) atoms. The summed E-state index contributed by atoms with van der Waals surface area (Å²) in [4.78, 5) is 44.0. The first-order valence-electron chi connectivity index (χ1n) is 12.3. The third kappa shape index (κ3) is 5.61. The normalized spacial score (nSPS) is 19.0. The van der Waals surface area contributed by atoms with Gasteiger partial charge in [0.2, 0.25) is 5.91 Å². The molecular formula is C27H21Cl2F4N3O5. The van der Waals surface area contributed by atoms with Crippen molar-refractivity contribution in [3.63, 3.8) is 0 Å². The van der Waals surface area contributed by atoms with E-state index in [0.29, 0.717) is 11.3 Å². The molecule has 1 heterocycles. The number of hydrogen-bond donors (Lipinski definition) is 0. The van der Waals surface area contributed by atoms with E-state index in [1.165, 1.54) is 25.1 Å². The van der Waals surface area contributed by atoms with Gasteiger partial charge in [0.05, 0.1) is 15.8 Å². The number of rotatable bonds is 6. The number of benzene rings is 2. The first-order chi connectivity index (χ1) is 19.2. The minimum Gasteiger partial charge on any atom is -0.427 e. The van der Waals surface area contributed by atoms with E-state index in [1.54, 1.807) is 6.92 Å². The molecule has 0 radical (unpaired) electrons. The third-order valence-corrected chi connectivity index (χ3v) is 7.27. The Morgan fingerprint density at radius 2 is 1.80 bits per heavy atom. The van der Waals surface area contributed by atoms with Crippen molar-refractivity contribution in [2.45, 2.75) is 63.3 Å². The number of nitriles is 1. The number of hydrogen-bond acceptors (Lipinski definition) is 7. The fourth-order valence-corrected chi connectivity index (χ4v) is 4.72. The minimum absolute atomic E-state index is 0.101. The van der Waals surface area contributed by atoms with Gasteiger partial charge in [-0.2, -0.15) is 23.3 Å². The van der Waals surface area contributed by atoms with E-state index in [4.69, 9.17) is 32.8 Å². The molecule has 0 N–H and O–H groups in total. The topological polar surface area (TPSA) is 109 Å². The van der Waals surface area contributed by atoms with Crippen LogP contribution in [0.2, 0.25) is 10.0 Å². The van der Waals surface area contributed by atoms with E-state index < -0.39 is 63.1 Å². The van der Waals surface area contributed by atoms with E-state index in [2.05, 4.69) is 5.16 Å². The van der Waals surface area contributed by atoms with Crippen LogP contribution < -0.4 is 0 Å². The van der Waals surface area contributed by atoms with Crippen molar-refractivity contribution >= 4 is 46.8 Å². The number of nitrogens with zero attached hydrogens (tertiary/aromatic N) is 3. The lowest BCUT2D eigenvalue weighted by Crippen LogP contribution is -2.44. The zero-order chi connectivity index (χ0) is 30.3. The molecule has 0 aromatic heterocycles. The maximum absolute atomic E-state index is 14.3. The molecule has 1 fully saturated rings. The zero-order valence-electron chi connectivity index (χ0n) is 21.6. The van der Waals surface area contributed by atoms with Crippen molar-refractivity contribution in [1.82, 2.24) is 4.90 Å². The van der Waals surface area contributed by atoms with E-state index in [0.717, 1.165) is 12.1 Å². The minimum atomic E-state index is -5.02. The van der Waals surface area contributed by atoms with Crippen molar-refractivity contribution < 1.29 is 41.5 Å². The Morgan fingerprint density at radius 1 is 1.17 bits per heavy atom. The molecule has 14 heteroatoms. The number of carbonyl (C=O) groups is 3. The standard InChI is InChI=1S/C27H21Cl2F4N3O5/c1-3-4-21(37)36(24(39)40-25(13-34)7-8-25)23(38)17-6-5-15(9-14(17)2)20-12-26(41-35-20,27(31,32)33)16-10-18(28)22(30)19(29)11-16/h5-6,9-11H,3-4,7-8,12H2,1-2H3. The molecule has 1 aliphatic heterocycles. The van der Waals surface area contributed by atoms with Gasteiger partial charge in [0.15, 0.2) is 11.4 Å². The first-order valence-corrected chi connectivity index (χ1v) is 13.0. The summed E-state index contributed by atoms with van der Waals surface area (Å²) in [6, 6.07) is 7.23. The van der Waals surface area contributed by atoms with Crippen molar-refractivity contribution in [1.29, 1.82) is 5.26 Å². The smallest absolute Gasteiger partial charge is 0.427 e. The molecule has 1 saturated carbocycles. The second-order valence-electron chi connectivity index (χ2n) is 9.67. The monoisotopic (exact) mass is 613 g/mol. The molecule has 3 amide bonds. The molecule has 0 spiro atoms. The number of carbonyl (C=O) groups excluding carboxylic acids is 3. The highest BCUT2D eigenvalue weighted by Crippen LogP contribution is 2.50. The number of amides is 3. The number of oxime groups is 1. The molecular weight excluding hydrogens is 593 g/mol. The second-order valence-corrected chi connectivity index (χ2v) is 10.5. The largest absolute Gasteiger partial charge is 0.435 e. The highest BCUT2D eigenvalue weighted by molar-refractivity contribution is 6.35. The Balaban J connectivity index is 1.63. The van der Waals surface area contributed by atoms with Gasteiger partial charge in [-0.25, -0.2) is 9.18 Å². The van der Waals surface area contributed by atoms with Gasteiger partial charge >= 0.3 is 12.3 Å². The fraction of sp³-hybridized carbons (Fsp3) is 0.370. The number of ether oxygens (including phenoxy) is 1. The van der Waals surface area contributed by atoms with E-state index in [1.807, 2.05) is 6.07 Å². The maximum atomic E-state index is 14.3. The first kappa shape index (κ1) is 30.3. The molecule has 2 aromatic rings. The van der Waals surface area contributed by atoms with Crippen molar-refractivity contribution in [3.05, 3.63) is 68.4 Å². The van der Waals surface area contributed by atoms with Gasteiger partial charge in [-0.3, -0.25) is 9.59 Å². The molecule has 1 atom stereocenters. The molecule has 1 unspecified atom stereocenters. The Morgan fingerprint density at radius 3 is 2.32 bits per heavy atom. The molecule has 216 valence electrons. The summed E-state index contributed by atoms with van der Waals surface area (Å²) in [5.74, 6) is -2.93. The van der Waals surface area contributed by atoms with E-state index in [-0.39, 0.29) is 41.7 Å². The summed E-state index contributed by atoms with van der Waals surface area (Å²) in [5.41, 5.74) is -4.85. The van der Waals surface area contributed by atoms with Crippen LogP contribution in [0.5, 0.6) is 0 Å². The SMILES string of the molecule is CCCC(=O)N(C(=O)OC1(C#N)CC1)C(=O)c1ccc(C2=NOC(c3cc(Cl)c(F)c(Cl)c3)(C(F)(F)F)C2)cc1C. The summed E-state index contributed by atoms with van der Waals surface area (Å²) in [7, 11) is 0. The van der Waals surface area contributed by atoms with Gasteiger partial charge in [-0.15, -0.1) is 0 Å². The van der Waals surface area contributed by atoms with Crippen LogP contribution >= 0.6 is 23.2 Å². The van der Waals surface area contributed by atoms with E-state index >= 15 is 0 Å². The lowest BCUT2D eigenvalue weighted by Gasteiger charge is -2.29. The lowest BCUT2D eigenvalue weighted by molar-refractivity contribution is -0.275. The van der Waals surface area contributed by atoms with Crippen LogP contribution in [-0.2, 0) is 20.0 Å². The number of aryl methyl sites for hydroxylation is 1. The number of halogens is 6. The van der Waals surface area contributed by atoms with Crippen LogP contribution in [0.3, 0.4) is 0 Å². The quantitative estimate of drug-likeness (QED) is 0.257. The maximum Gasteiger partial charge on any atom is 0.435 e. The van der Waals surface area contributed by atoms with Crippen LogP contribution in [0, 0.1) is 24.1 Å². The average Bonchev–Trinajstić information content (AvgIpc) is 3.50. The molecule has 8 nitrogen and oxygen atoms in total. The Kier molecular flexibility index (Phi) is 8.08. The van der Waals surface area contributed by atoms with Gasteiger partial charge in [0.25, 0.3) is 11.5 Å². The lowest BCUT2D eigenvalue weighted by atomic mass is 9.86. The number of alkyl halides is 3. The average molecular weight is 614 g/mol. The Labute approximate surface area is 241 Å². The van der Waals surface area contributed by atoms with Crippen molar-refractivity contribution in [3.8, 4) is 6.07 Å². The zero-order valence-corrected chi connectivity index (χ0v) is 23.1. The highest BCUT2D eigenvalue weighted by Gasteiger charge is 2.62. The summed E-state index contributed by atoms with van der Waals surface area (Å²) in [5, 5.41) is 11.6. The van der Waals surface area contributed by atoms with E-state index in [9.17, 15) is 37.2 Å². The highest BCUT2D eigenvalue weighted by atomic mass is 35.5. The Bertz CT molecular complexity index is 1490. The molecule has 2 aliphatic rings. The van der Waals surface area contributed by atoms with Crippen LogP contribution in [0.1, 0.15) is 66.1 Å². The molecule has 0 bridgehead atoms. The number of imide groups is 3. The van der Waals surface area contributed by atoms with Crippen LogP contribution in [0.15, 0.2) is 35.5 Å². The van der Waals surface area contributed by atoms with Crippen LogP contribution in [0.25, 0.3) is 0 Å². The van der Waals surface area contributed by atoms with Crippen LogP contribution in [0.4, 0.5) is 22.4 Å². The second kappa shape index (κ2) is 10.9. The predicted octanol–water partition coefficient (Wildman–Crippen LogP) is 6.98. The van der Waals surface area contributed by atoms with Crippen LogP contribution in [-0.4, -0.2) is 40.3 Å². The van der Waals surface area contributed by atoms with Crippen molar-refractivity contribution in [2.75, 3.05) is 0 Å². The predicted molar refractivity (Wildman–Crippen MR) is 138 cm³/mol. The summed E-state index contributed by atoms with van der Waals surface area (Å²) < 4.78 is 62.0. The summed E-state index contributed by atoms with van der Waals surface area (Å²) in [6.07, 6.45) is -6.41. The fourth-order valence-electron chi connectivity index (χ4n) is 4.24. The van der Waals surface area contributed by atoms with Crippen molar-refractivity contribution in [2.24, 2.45) is 5.16 Å². The van der Waals surface area contributed by atoms with Gasteiger partial charge < -0.3 is 9.57 Å². The summed E-state index contributed by atoms with van der Waals surface area (Å²) >= 11 is 11.5. The third-order valence-electron chi connectivity index (χ3n) is 6.72. The Hall–Kier alpha value is -3.69. The van der Waals surface area contributed by atoms with Gasteiger partial charge in [-0.1, -0.05) is 41.3 Å². The molecule has 0 saturated heterocycles. The molecule has 4 rings (SSSR count). The van der Waals surface area contributed by atoms with Gasteiger partial charge in [0.1, 0.15) is 6.07 Å². The molecule has 2 aromatic carbocycles. The van der Waals surface area contributed by atoms with Gasteiger partial charge in [-0.05, 0) is 48.7 Å². The van der Waals surface area contributed by atoms with Gasteiger partial charge in [0, 0.05) is 36.8 Å². The molecule has 1 aliphatic carbocycles.